The first kappa shape index (κ1) is 21.4. The molecule has 0 spiro atoms. The van der Waals surface area contributed by atoms with Crippen LogP contribution in [0.15, 0.2) is 36.4 Å². The number of thiocarbonyl (C=S) groups is 1. The second-order valence-electron chi connectivity index (χ2n) is 6.24. The van der Waals surface area contributed by atoms with Gasteiger partial charge in [0.2, 0.25) is 0 Å². The van der Waals surface area contributed by atoms with Crippen LogP contribution in [0.3, 0.4) is 0 Å². The molecule has 2 N–H and O–H groups in total. The standard InChI is InChI=1S/C21H28N2O2S2/c1-3-5-6-7-11-14-22-21(26)23-19-17(20(24)25-4-2)15-18(27-19)16-12-9-8-10-13-16/h8-10,12-13,15H,3-7,11,14H2,1-2H3,(H2,22,23,26). The van der Waals surface area contributed by atoms with Crippen LogP contribution in [-0.2, 0) is 4.74 Å². The number of thiophene rings is 1. The zero-order chi connectivity index (χ0) is 19.5. The number of ether oxygens (including phenoxy) is 1. The Balaban J connectivity index is 2.02. The molecule has 0 aliphatic heterocycles. The molecule has 146 valence electrons. The summed E-state index contributed by atoms with van der Waals surface area (Å²) in [6.07, 6.45) is 6.08. The molecule has 0 atom stereocenters. The molecule has 27 heavy (non-hydrogen) atoms. The van der Waals surface area contributed by atoms with Gasteiger partial charge >= 0.3 is 5.97 Å². The van der Waals surface area contributed by atoms with Crippen LogP contribution in [0.2, 0.25) is 0 Å². The minimum atomic E-state index is -0.333. The first-order chi connectivity index (χ1) is 13.2. The Bertz CT molecular complexity index is 729. The van der Waals surface area contributed by atoms with Crippen LogP contribution >= 0.6 is 23.6 Å². The van der Waals surface area contributed by atoms with Crippen molar-refractivity contribution in [1.29, 1.82) is 0 Å². The molecule has 2 aromatic rings. The third kappa shape index (κ3) is 6.96. The molecule has 1 aromatic carbocycles. The highest BCUT2D eigenvalue weighted by molar-refractivity contribution is 7.80. The zero-order valence-corrected chi connectivity index (χ0v) is 17.7. The summed E-state index contributed by atoms with van der Waals surface area (Å²) >= 11 is 6.91. The largest absolute Gasteiger partial charge is 0.462 e. The molecular weight excluding hydrogens is 376 g/mol. The van der Waals surface area contributed by atoms with Crippen LogP contribution in [0.1, 0.15) is 56.3 Å². The highest BCUT2D eigenvalue weighted by Crippen LogP contribution is 2.35. The van der Waals surface area contributed by atoms with E-state index in [1.54, 1.807) is 6.92 Å². The number of hydrogen-bond acceptors (Lipinski definition) is 4. The Kier molecular flexibility index (Phi) is 9.28. The average Bonchev–Trinajstić information content (AvgIpc) is 3.09. The molecule has 6 heteroatoms. The molecule has 0 aliphatic rings. The Morgan fingerprint density at radius 2 is 1.85 bits per heavy atom. The number of esters is 1. The lowest BCUT2D eigenvalue weighted by molar-refractivity contribution is 0.0528. The van der Waals surface area contributed by atoms with Gasteiger partial charge in [0.05, 0.1) is 12.2 Å². The summed E-state index contributed by atoms with van der Waals surface area (Å²) in [5, 5.41) is 7.67. The summed E-state index contributed by atoms with van der Waals surface area (Å²) in [6.45, 7) is 5.19. The Hall–Kier alpha value is -1.92. The molecule has 0 amide bonds. The molecule has 0 unspecified atom stereocenters. The fourth-order valence-corrected chi connectivity index (χ4v) is 3.99. The maximum absolute atomic E-state index is 12.3. The minimum Gasteiger partial charge on any atom is -0.462 e. The van der Waals surface area contributed by atoms with Crippen LogP contribution in [0.25, 0.3) is 10.4 Å². The van der Waals surface area contributed by atoms with E-state index in [0.717, 1.165) is 28.4 Å². The molecular formula is C21H28N2O2S2. The molecule has 0 bridgehead atoms. The summed E-state index contributed by atoms with van der Waals surface area (Å²) in [5.41, 5.74) is 1.59. The van der Waals surface area contributed by atoms with Gasteiger partial charge in [0.15, 0.2) is 5.11 Å². The van der Waals surface area contributed by atoms with Gasteiger partial charge in [-0.05, 0) is 37.2 Å². The van der Waals surface area contributed by atoms with Crippen LogP contribution in [0, 0.1) is 0 Å². The van der Waals surface area contributed by atoms with Crippen molar-refractivity contribution >= 4 is 39.6 Å². The molecule has 0 aliphatic carbocycles. The number of hydrogen-bond donors (Lipinski definition) is 2. The number of benzene rings is 1. The second kappa shape index (κ2) is 11.7. The van der Waals surface area contributed by atoms with Gasteiger partial charge in [-0.3, -0.25) is 0 Å². The Morgan fingerprint density at radius 3 is 2.56 bits per heavy atom. The average molecular weight is 405 g/mol. The fourth-order valence-electron chi connectivity index (χ4n) is 2.67. The van der Waals surface area contributed by atoms with Crippen molar-refractivity contribution in [3.63, 3.8) is 0 Å². The molecule has 0 fully saturated rings. The van der Waals surface area contributed by atoms with Gasteiger partial charge in [0, 0.05) is 11.4 Å². The van der Waals surface area contributed by atoms with Gasteiger partial charge in [0.25, 0.3) is 0 Å². The number of unbranched alkanes of at least 4 members (excludes halogenated alkanes) is 4. The molecule has 0 saturated heterocycles. The van der Waals surface area contributed by atoms with E-state index >= 15 is 0 Å². The first-order valence-corrected chi connectivity index (χ1v) is 10.8. The van der Waals surface area contributed by atoms with Crippen LogP contribution < -0.4 is 10.6 Å². The molecule has 0 saturated carbocycles. The van der Waals surface area contributed by atoms with Crippen molar-refractivity contribution in [1.82, 2.24) is 5.32 Å². The first-order valence-electron chi connectivity index (χ1n) is 9.57. The van der Waals surface area contributed by atoms with Crippen molar-refractivity contribution < 1.29 is 9.53 Å². The Morgan fingerprint density at radius 1 is 1.11 bits per heavy atom. The van der Waals surface area contributed by atoms with Gasteiger partial charge in [-0.2, -0.15) is 0 Å². The summed E-state index contributed by atoms with van der Waals surface area (Å²) in [6, 6.07) is 11.9. The lowest BCUT2D eigenvalue weighted by Gasteiger charge is -2.10. The predicted molar refractivity (Wildman–Crippen MR) is 119 cm³/mol. The van der Waals surface area contributed by atoms with Crippen LogP contribution in [-0.4, -0.2) is 24.2 Å². The second-order valence-corrected chi connectivity index (χ2v) is 7.70. The van der Waals surface area contributed by atoms with E-state index in [1.807, 2.05) is 36.4 Å². The smallest absolute Gasteiger partial charge is 0.341 e. The van der Waals surface area contributed by atoms with Gasteiger partial charge < -0.3 is 15.4 Å². The van der Waals surface area contributed by atoms with E-state index < -0.39 is 0 Å². The number of anilines is 1. The predicted octanol–water partition coefficient (Wildman–Crippen LogP) is 5.85. The van der Waals surface area contributed by atoms with Crippen molar-refractivity contribution in [2.45, 2.75) is 46.0 Å². The third-order valence-electron chi connectivity index (χ3n) is 4.08. The van der Waals surface area contributed by atoms with Crippen molar-refractivity contribution in [2.24, 2.45) is 0 Å². The van der Waals surface area contributed by atoms with E-state index in [-0.39, 0.29) is 5.97 Å². The Labute approximate surface area is 171 Å². The van der Waals surface area contributed by atoms with Crippen molar-refractivity contribution in [3.8, 4) is 10.4 Å². The molecule has 4 nitrogen and oxygen atoms in total. The summed E-state index contributed by atoms with van der Waals surface area (Å²) < 4.78 is 5.20. The number of carbonyl (C=O) groups excluding carboxylic acids is 1. The van der Waals surface area contributed by atoms with Gasteiger partial charge in [-0.25, -0.2) is 4.79 Å². The third-order valence-corrected chi connectivity index (χ3v) is 5.42. The maximum atomic E-state index is 12.3. The van der Waals surface area contributed by atoms with Crippen LogP contribution in [0.4, 0.5) is 5.00 Å². The highest BCUT2D eigenvalue weighted by atomic mass is 32.1. The van der Waals surface area contributed by atoms with E-state index in [0.29, 0.717) is 17.3 Å². The summed E-state index contributed by atoms with van der Waals surface area (Å²) in [5.74, 6) is -0.333. The SMILES string of the molecule is CCCCCCCNC(=S)Nc1sc(-c2ccccc2)cc1C(=O)OCC. The number of nitrogens with one attached hydrogen (secondary N) is 2. The van der Waals surface area contributed by atoms with Gasteiger partial charge in [0.1, 0.15) is 5.00 Å². The van der Waals surface area contributed by atoms with E-state index in [1.165, 1.54) is 37.0 Å². The molecule has 1 heterocycles. The quantitative estimate of drug-likeness (QED) is 0.296. The number of rotatable bonds is 10. The number of carbonyl (C=O) groups is 1. The van der Waals surface area contributed by atoms with E-state index in [2.05, 4.69) is 17.6 Å². The van der Waals surface area contributed by atoms with E-state index in [4.69, 9.17) is 17.0 Å². The van der Waals surface area contributed by atoms with Gasteiger partial charge in [-0.15, -0.1) is 11.3 Å². The fraction of sp³-hybridized carbons (Fsp3) is 0.429. The summed E-state index contributed by atoms with van der Waals surface area (Å²) in [4.78, 5) is 13.3. The van der Waals surface area contributed by atoms with Crippen molar-refractivity contribution in [2.75, 3.05) is 18.5 Å². The van der Waals surface area contributed by atoms with Crippen LogP contribution in [0.5, 0.6) is 0 Å². The lowest BCUT2D eigenvalue weighted by atomic mass is 10.1. The lowest BCUT2D eigenvalue weighted by Crippen LogP contribution is -2.29. The zero-order valence-electron chi connectivity index (χ0n) is 16.0. The topological polar surface area (TPSA) is 50.4 Å². The monoisotopic (exact) mass is 404 g/mol. The molecule has 0 radical (unpaired) electrons. The van der Waals surface area contributed by atoms with Gasteiger partial charge in [-0.1, -0.05) is 62.9 Å². The molecule has 1 aromatic heterocycles. The normalized spacial score (nSPS) is 10.4. The van der Waals surface area contributed by atoms with Crippen molar-refractivity contribution in [3.05, 3.63) is 42.0 Å². The van der Waals surface area contributed by atoms with E-state index in [9.17, 15) is 4.79 Å². The minimum absolute atomic E-state index is 0.333. The maximum Gasteiger partial charge on any atom is 0.341 e. The highest BCUT2D eigenvalue weighted by Gasteiger charge is 2.18. The summed E-state index contributed by atoms with van der Waals surface area (Å²) in [7, 11) is 0. The molecule has 2 rings (SSSR count).